The highest BCUT2D eigenvalue weighted by Crippen LogP contribution is 2.47. The highest BCUT2D eigenvalue weighted by atomic mass is 19.1. The third kappa shape index (κ3) is 5.72. The Bertz CT molecular complexity index is 1920. The molecule has 10 heteroatoms. The Hall–Kier alpha value is -4.04. The molecular formula is C38H42F2N6O2. The fourth-order valence-corrected chi connectivity index (χ4v) is 8.07. The minimum absolute atomic E-state index is 0.0124. The van der Waals surface area contributed by atoms with Gasteiger partial charge >= 0.3 is 6.01 Å². The number of anilines is 1. The molecule has 8 rings (SSSR count). The lowest BCUT2D eigenvalue weighted by Gasteiger charge is -2.38. The first kappa shape index (κ1) is 31.2. The van der Waals surface area contributed by atoms with Crippen LogP contribution in [0.3, 0.4) is 0 Å². The Morgan fingerprint density at radius 3 is 2.50 bits per heavy atom. The maximum atomic E-state index is 16.9. The zero-order valence-electron chi connectivity index (χ0n) is 27.6. The van der Waals surface area contributed by atoms with Crippen molar-refractivity contribution in [1.82, 2.24) is 25.1 Å². The number of aromatic hydroxyl groups is 1. The number of phenols is 1. The minimum Gasteiger partial charge on any atom is -0.508 e. The molecule has 2 bridgehead atoms. The summed E-state index contributed by atoms with van der Waals surface area (Å²) >= 11 is 0. The summed E-state index contributed by atoms with van der Waals surface area (Å²) < 4.78 is 39.6. The van der Waals surface area contributed by atoms with Crippen LogP contribution in [0.1, 0.15) is 45.1 Å². The summed E-state index contributed by atoms with van der Waals surface area (Å²) in [5.74, 6) is 1.39. The van der Waals surface area contributed by atoms with E-state index in [0.717, 1.165) is 58.4 Å². The summed E-state index contributed by atoms with van der Waals surface area (Å²) in [4.78, 5) is 16.6. The zero-order chi connectivity index (χ0) is 33.2. The molecule has 0 radical (unpaired) electrons. The van der Waals surface area contributed by atoms with Gasteiger partial charge in [-0.15, -0.1) is 6.42 Å². The van der Waals surface area contributed by atoms with E-state index < -0.39 is 11.6 Å². The Labute approximate surface area is 280 Å². The topological polar surface area (TPSA) is 77.0 Å². The first-order valence-corrected chi connectivity index (χ1v) is 17.2. The minimum atomic E-state index is -0.834. The second-order valence-electron chi connectivity index (χ2n) is 14.6. The van der Waals surface area contributed by atoms with E-state index in [2.05, 4.69) is 44.8 Å². The number of nitrogens with zero attached hydrogens (tertiary/aromatic N) is 5. The molecule has 2 N–H and O–H groups in total. The Morgan fingerprint density at radius 1 is 1.06 bits per heavy atom. The summed E-state index contributed by atoms with van der Waals surface area (Å²) in [5.41, 5.74) is 0.367. The van der Waals surface area contributed by atoms with Crippen LogP contribution >= 0.6 is 0 Å². The van der Waals surface area contributed by atoms with Crippen LogP contribution in [0.4, 0.5) is 14.6 Å². The lowest BCUT2D eigenvalue weighted by Crippen LogP contribution is -2.51. The molecular weight excluding hydrogens is 610 g/mol. The van der Waals surface area contributed by atoms with Crippen LogP contribution in [-0.4, -0.2) is 95.4 Å². The molecule has 3 aliphatic heterocycles. The predicted molar refractivity (Wildman–Crippen MR) is 184 cm³/mol. The first-order valence-electron chi connectivity index (χ1n) is 17.2. The van der Waals surface area contributed by atoms with Crippen molar-refractivity contribution in [2.45, 2.75) is 57.7 Å². The number of rotatable bonds is 8. The van der Waals surface area contributed by atoms with Crippen molar-refractivity contribution in [3.8, 4) is 35.2 Å². The number of hydrogen-bond donors (Lipinski definition) is 2. The third-order valence-corrected chi connectivity index (χ3v) is 10.9. The molecule has 0 spiro atoms. The van der Waals surface area contributed by atoms with Crippen LogP contribution in [-0.2, 0) is 0 Å². The number of phenolic OH excluding ortho intramolecular Hbond substituents is 1. The van der Waals surface area contributed by atoms with Gasteiger partial charge in [0, 0.05) is 91.3 Å². The molecule has 1 aliphatic carbocycles. The van der Waals surface area contributed by atoms with Crippen molar-refractivity contribution in [2.75, 3.05) is 57.3 Å². The number of aromatic nitrogens is 2. The van der Waals surface area contributed by atoms with Gasteiger partial charge in [0.2, 0.25) is 0 Å². The van der Waals surface area contributed by atoms with Gasteiger partial charge in [-0.05, 0) is 69.2 Å². The Morgan fingerprint density at radius 2 is 1.81 bits per heavy atom. The van der Waals surface area contributed by atoms with Crippen LogP contribution in [0.15, 0.2) is 36.4 Å². The van der Waals surface area contributed by atoms with Gasteiger partial charge in [0.25, 0.3) is 0 Å². The molecule has 250 valence electrons. The van der Waals surface area contributed by atoms with E-state index in [4.69, 9.17) is 16.1 Å². The quantitative estimate of drug-likeness (QED) is 0.241. The van der Waals surface area contributed by atoms with Crippen molar-refractivity contribution in [3.63, 3.8) is 0 Å². The summed E-state index contributed by atoms with van der Waals surface area (Å²) in [5, 5.41) is 15.6. The van der Waals surface area contributed by atoms with Crippen molar-refractivity contribution in [2.24, 2.45) is 5.41 Å². The largest absolute Gasteiger partial charge is 0.508 e. The van der Waals surface area contributed by atoms with E-state index in [1.807, 2.05) is 0 Å². The summed E-state index contributed by atoms with van der Waals surface area (Å²) in [6.45, 7) is 11.4. The number of piperazine rings is 2. The van der Waals surface area contributed by atoms with E-state index in [1.165, 1.54) is 12.1 Å². The van der Waals surface area contributed by atoms with Gasteiger partial charge in [0.1, 0.15) is 22.9 Å². The number of hydrogen-bond acceptors (Lipinski definition) is 8. The molecule has 2 atom stereocenters. The summed E-state index contributed by atoms with van der Waals surface area (Å²) in [6.07, 6.45) is 10.0. The summed E-state index contributed by atoms with van der Waals surface area (Å²) in [7, 11) is 0. The van der Waals surface area contributed by atoms with Crippen molar-refractivity contribution >= 4 is 27.5 Å². The number of fused-ring (bicyclic) bond motifs is 4. The van der Waals surface area contributed by atoms with Gasteiger partial charge in [-0.2, -0.15) is 9.97 Å². The molecule has 4 aliphatic rings. The van der Waals surface area contributed by atoms with Gasteiger partial charge in [0.05, 0.1) is 12.2 Å². The van der Waals surface area contributed by atoms with E-state index in [1.54, 1.807) is 24.3 Å². The molecule has 1 saturated carbocycles. The molecule has 4 aromatic rings. The Kier molecular flexibility index (Phi) is 7.90. The molecule has 3 saturated heterocycles. The van der Waals surface area contributed by atoms with Gasteiger partial charge in [-0.1, -0.05) is 18.1 Å². The molecule has 48 heavy (non-hydrogen) atoms. The van der Waals surface area contributed by atoms with Crippen LogP contribution in [0, 0.1) is 29.4 Å². The molecule has 3 aromatic carbocycles. The van der Waals surface area contributed by atoms with Crippen LogP contribution in [0.2, 0.25) is 0 Å². The molecule has 2 unspecified atom stereocenters. The highest BCUT2D eigenvalue weighted by Gasteiger charge is 2.45. The Balaban J connectivity index is 1.18. The average Bonchev–Trinajstić information content (AvgIpc) is 3.76. The second kappa shape index (κ2) is 12.1. The smallest absolute Gasteiger partial charge is 0.319 e. The van der Waals surface area contributed by atoms with Crippen LogP contribution in [0.25, 0.3) is 32.8 Å². The van der Waals surface area contributed by atoms with E-state index >= 15 is 8.78 Å². The predicted octanol–water partition coefficient (Wildman–Crippen LogP) is 5.54. The monoisotopic (exact) mass is 652 g/mol. The lowest BCUT2D eigenvalue weighted by molar-refractivity contribution is 0.0805. The van der Waals surface area contributed by atoms with Crippen LogP contribution in [0.5, 0.6) is 11.8 Å². The van der Waals surface area contributed by atoms with Gasteiger partial charge < -0.3 is 25.0 Å². The molecule has 4 fully saturated rings. The number of halogens is 2. The van der Waals surface area contributed by atoms with Crippen molar-refractivity contribution < 1.29 is 18.6 Å². The van der Waals surface area contributed by atoms with Crippen molar-refractivity contribution in [3.05, 3.63) is 53.6 Å². The third-order valence-electron chi connectivity index (χ3n) is 10.9. The van der Waals surface area contributed by atoms with Crippen LogP contribution < -0.4 is 15.0 Å². The fourth-order valence-electron chi connectivity index (χ4n) is 8.07. The molecule has 8 nitrogen and oxygen atoms in total. The molecule has 0 amide bonds. The maximum absolute atomic E-state index is 16.9. The van der Waals surface area contributed by atoms with E-state index in [9.17, 15) is 5.11 Å². The van der Waals surface area contributed by atoms with Gasteiger partial charge in [0.15, 0.2) is 5.82 Å². The van der Waals surface area contributed by atoms with Crippen molar-refractivity contribution in [1.29, 1.82) is 0 Å². The number of terminal acetylenes is 1. The fraction of sp³-hybridized carbons (Fsp3) is 0.474. The second-order valence-corrected chi connectivity index (χ2v) is 14.6. The zero-order valence-corrected chi connectivity index (χ0v) is 27.6. The lowest BCUT2D eigenvalue weighted by atomic mass is 9.93. The van der Waals surface area contributed by atoms with E-state index in [-0.39, 0.29) is 33.8 Å². The number of benzene rings is 3. The molecule has 1 aromatic heterocycles. The average molecular weight is 653 g/mol. The van der Waals surface area contributed by atoms with E-state index in [0.29, 0.717) is 65.4 Å². The SMILES string of the molecule is C#Cc1cccc2cc(O)cc(-c3c(F)cc4c(N5CC6CCC(C5)N6)nc(OCC5(CN6CCN(C(C)C)CC6)CC5)nc4c3F)c12. The molecule has 4 heterocycles. The normalized spacial score (nSPS) is 22.5. The van der Waals surface area contributed by atoms with Gasteiger partial charge in [-0.3, -0.25) is 4.90 Å². The number of nitrogens with one attached hydrogen (secondary N) is 1. The summed E-state index contributed by atoms with van der Waals surface area (Å²) in [6, 6.07) is 10.7. The first-order chi connectivity index (χ1) is 23.2. The number of ether oxygens (including phenoxy) is 1. The maximum Gasteiger partial charge on any atom is 0.319 e. The van der Waals surface area contributed by atoms with Gasteiger partial charge in [-0.25, -0.2) is 8.78 Å². The highest BCUT2D eigenvalue weighted by molar-refractivity contribution is 6.04. The standard InChI is InChI=1S/C38H42F2N6O2/c1-4-24-6-5-7-25-16-28(47)17-29(32(24)25)33-31(39)18-30-35(34(33)40)42-37(43-36(30)46-19-26-8-9-27(20-46)41-26)48-22-38(10-11-38)21-44-12-14-45(15-13-44)23(2)3/h1,5-7,16-18,23,26-27,41,47H,8-15,19-22H2,2-3H3.